The van der Waals surface area contributed by atoms with Gasteiger partial charge in [0.1, 0.15) is 0 Å². The molecule has 0 atom stereocenters. The monoisotopic (exact) mass is 1780 g/mol. The van der Waals surface area contributed by atoms with Crippen LogP contribution in [0.1, 0.15) is 309 Å². The summed E-state index contributed by atoms with van der Waals surface area (Å²) < 4.78 is 152. The Hall–Kier alpha value is -10.9. The second kappa shape index (κ2) is 33.5. The molecule has 13 aromatic carbocycles. The Balaban J connectivity index is 1.15. The summed E-state index contributed by atoms with van der Waals surface area (Å²) in [6.07, 6.45) is -14.3. The van der Waals surface area contributed by atoms with Gasteiger partial charge in [-0.25, -0.2) is 0 Å². The van der Waals surface area contributed by atoms with Crippen molar-refractivity contribution in [2.75, 3.05) is 9.80 Å². The Bertz CT molecular complexity index is 7270. The maximum atomic E-state index is 11.3. The molecule has 2 aliphatic rings. The first-order chi connectivity index (χ1) is 67.7. The molecule has 2 aromatic heterocycles. The summed E-state index contributed by atoms with van der Waals surface area (Å²) >= 11 is 0. The highest BCUT2D eigenvalue weighted by molar-refractivity contribution is 7.00. The molecule has 0 spiro atoms. The second-order valence-electron chi connectivity index (χ2n) is 49.9. The number of nitrogens with zero attached hydrogens (tertiary/aromatic N) is 4. The van der Waals surface area contributed by atoms with Gasteiger partial charge in [0, 0.05) is 86.0 Å². The Morgan fingerprint density at radius 1 is 0.224 bits per heavy atom. The number of anilines is 6. The Labute approximate surface area is 826 Å². The molecule has 0 radical (unpaired) electrons. The van der Waals surface area contributed by atoms with Gasteiger partial charge in [-0.1, -0.05) is 362 Å². The Morgan fingerprint density at radius 3 is 0.746 bits per heavy atom. The van der Waals surface area contributed by atoms with Crippen molar-refractivity contribution in [3.63, 3.8) is 0 Å². The smallest absolute Gasteiger partial charge is 0.252 e. The molecular weight excluding hydrogens is 1620 g/mol. The largest absolute Gasteiger partial charge is 0.311 e. The van der Waals surface area contributed by atoms with Crippen molar-refractivity contribution in [3.05, 3.63) is 304 Å². The van der Waals surface area contributed by atoms with Crippen LogP contribution < -0.4 is 26.2 Å². The summed E-state index contributed by atoms with van der Waals surface area (Å²) in [6, 6.07) is 83.5. The normalized spacial score (nSPS) is 16.2. The van der Waals surface area contributed by atoms with E-state index in [9.17, 15) is 19.2 Å². The van der Waals surface area contributed by atoms with E-state index in [1.165, 1.54) is 22.3 Å². The molecule has 0 saturated heterocycles. The topological polar surface area (TPSA) is 16.3 Å². The second-order valence-corrected chi connectivity index (χ2v) is 49.9. The van der Waals surface area contributed by atoms with Crippen molar-refractivity contribution < 1.29 is 19.2 Å². The van der Waals surface area contributed by atoms with Crippen LogP contribution >= 0.6 is 0 Å². The molecule has 4 nitrogen and oxygen atoms in total. The highest BCUT2D eigenvalue weighted by Crippen LogP contribution is 2.55. The molecule has 0 aliphatic carbocycles. The predicted molar refractivity (Wildman–Crippen MR) is 588 cm³/mol. The van der Waals surface area contributed by atoms with E-state index in [1.54, 1.807) is 0 Å². The molecule has 692 valence electrons. The lowest BCUT2D eigenvalue weighted by atomic mass is 9.33. The zero-order chi connectivity index (χ0) is 109. The molecule has 0 fully saturated rings. The molecule has 2 aliphatic heterocycles. The molecule has 0 bridgehead atoms. The van der Waals surface area contributed by atoms with E-state index in [-0.39, 0.29) is 21.7 Å². The Morgan fingerprint density at radius 2 is 0.485 bits per heavy atom. The first-order valence-electron chi connectivity index (χ1n) is 55.7. The minimum absolute atomic E-state index is 0.235. The number of hydrogen-bond donors (Lipinski definition) is 0. The van der Waals surface area contributed by atoms with Gasteiger partial charge < -0.3 is 18.9 Å². The summed E-state index contributed by atoms with van der Waals surface area (Å²) in [5.74, 6) is 0. The fourth-order valence-corrected chi connectivity index (χ4v) is 20.0. The lowest BCUT2D eigenvalue weighted by molar-refractivity contribution is 0.410. The van der Waals surface area contributed by atoms with Crippen LogP contribution in [0.4, 0.5) is 34.1 Å². The first-order valence-corrected chi connectivity index (χ1v) is 48.7. The summed E-state index contributed by atoms with van der Waals surface area (Å²) in [5.41, 5.74) is 14.7. The number of fused-ring (bicyclic) bond motifs is 10. The highest BCUT2D eigenvalue weighted by atomic mass is 15.2. The molecule has 0 N–H and O–H groups in total. The van der Waals surface area contributed by atoms with Crippen LogP contribution in [0.3, 0.4) is 0 Å². The third-order valence-electron chi connectivity index (χ3n) is 25.6. The van der Waals surface area contributed by atoms with Gasteiger partial charge in [0.05, 0.1) is 33.4 Å². The molecule has 0 amide bonds. The van der Waals surface area contributed by atoms with E-state index < -0.39 is 89.2 Å². The van der Waals surface area contributed by atoms with Gasteiger partial charge in [0.25, 0.3) is 6.71 Å². The lowest BCUT2D eigenvalue weighted by Gasteiger charge is -2.46. The van der Waals surface area contributed by atoms with Crippen molar-refractivity contribution in [2.24, 2.45) is 37.9 Å². The quantitative estimate of drug-likeness (QED) is 0.0951. The van der Waals surface area contributed by atoms with Crippen LogP contribution in [0.15, 0.2) is 243 Å². The molecule has 5 heteroatoms. The van der Waals surface area contributed by atoms with Crippen molar-refractivity contribution in [3.8, 4) is 55.9 Å². The third-order valence-corrected chi connectivity index (χ3v) is 25.6. The fourth-order valence-electron chi connectivity index (χ4n) is 20.0. The van der Waals surface area contributed by atoms with E-state index >= 15 is 0 Å². The first kappa shape index (κ1) is 78.3. The van der Waals surface area contributed by atoms with Gasteiger partial charge >= 0.3 is 0 Å². The molecule has 0 saturated carbocycles. The minimum Gasteiger partial charge on any atom is -0.311 e. The highest BCUT2D eigenvalue weighted by Gasteiger charge is 2.46. The minimum atomic E-state index is -2.24. The van der Waals surface area contributed by atoms with Gasteiger partial charge in [0.15, 0.2) is 0 Å². The van der Waals surface area contributed by atoms with Crippen molar-refractivity contribution in [1.29, 1.82) is 0 Å². The number of hydrogen-bond acceptors (Lipinski definition) is 2. The van der Waals surface area contributed by atoms with E-state index in [4.69, 9.17) is 0 Å². The van der Waals surface area contributed by atoms with Crippen molar-refractivity contribution >= 4 is 101 Å². The molecule has 17 rings (SSSR count). The number of rotatable bonds is 15. The number of aromatic nitrogens is 2. The van der Waals surface area contributed by atoms with Crippen LogP contribution in [-0.2, 0) is 66.3 Å². The third kappa shape index (κ3) is 19.7. The van der Waals surface area contributed by atoms with Crippen molar-refractivity contribution in [1.82, 2.24) is 9.13 Å². The predicted octanol–water partition coefficient (Wildman–Crippen LogP) is 34.9. The average molecular weight is 1780 g/mol. The van der Waals surface area contributed by atoms with Gasteiger partial charge in [-0.05, 0) is 324 Å². The SMILES string of the molecule is [2H]C([2H])(c1cccc(-c2cc(C([2H])([2H])C(C)(C)C)c(-c3cccc(C([2H])([2H])C(C)(C)C)c3)cc2N2c3cc(-n4c5ccc(C(C)(C)C)cc5c5cc(C(C)(C)C)ccc54)ccc3B3c4ccc(-n5c6ccc(C(C)(C)C)cc6c6cc(C(C)(C)C)ccc65)cc4N(c4cc(-c5cccc(C([2H])([2H])C(C)(C)C)c5)c(C([2H])([2H])C(C)(C)C)cc4-c4cccc(C([2H])([2H])C(C)(C)C)c4)c4cc(C([2H])([2H])C(C)(C)C)cc2c43)c1)C(C)(C)C. The van der Waals surface area contributed by atoms with E-state index in [0.717, 1.165) is 71.4 Å². The summed E-state index contributed by atoms with van der Waals surface area (Å²) in [6.45, 7) is 66.2. The van der Waals surface area contributed by atoms with E-state index in [2.05, 4.69) is 223 Å². The Kier molecular flexibility index (Phi) is 19.6. The molecule has 0 unspecified atom stereocenters. The molecule has 4 heterocycles. The zero-order valence-electron chi connectivity index (χ0n) is 100. The van der Waals surface area contributed by atoms with E-state index in [0.29, 0.717) is 118 Å². The van der Waals surface area contributed by atoms with Crippen LogP contribution in [0, 0.1) is 37.9 Å². The maximum absolute atomic E-state index is 11.3. The van der Waals surface area contributed by atoms with Gasteiger partial charge in [-0.15, -0.1) is 0 Å². The van der Waals surface area contributed by atoms with E-state index in [1.807, 2.05) is 267 Å². The van der Waals surface area contributed by atoms with Crippen LogP contribution in [0.5, 0.6) is 0 Å². The summed E-state index contributed by atoms with van der Waals surface area (Å²) in [4.78, 5) is 4.57. The molecular formula is C129H153BN4. The molecule has 134 heavy (non-hydrogen) atoms. The average Bonchev–Trinajstić information content (AvgIpc) is 0.795. The lowest BCUT2D eigenvalue weighted by Crippen LogP contribution is -2.61. The summed E-state index contributed by atoms with van der Waals surface area (Å²) in [5, 5.41) is 4.29. The van der Waals surface area contributed by atoms with Crippen LogP contribution in [0.25, 0.3) is 99.5 Å². The fraction of sp³-hybridized carbons (Fsp3) is 0.395. The number of benzene rings is 13. The van der Waals surface area contributed by atoms with Gasteiger partial charge in [0.2, 0.25) is 0 Å². The maximum Gasteiger partial charge on any atom is 0.252 e. The zero-order valence-corrected chi connectivity index (χ0v) is 86.5. The standard InChI is InChI=1S/C129H153BN4/c1-119(2,3)74-81-38-34-42-86(58-81)98-72-112(100(64-90(98)79-124(16,17)18)88-44-36-40-83(60-88)76-121(7,8)9)133-114-70-96(131-108-54-46-92(126(22,23)24)66-102(108)103-67-93(127(25,26)27)47-55-109(103)131)50-52-106(114)130-107-53-51-97(132-110-56-48-94(128(28,29)30)68-104(110)105-69-95(129(31,32)33)49-57-111(105)132)71-115(107)134(117-63-85(78-123(13,14)15)62-116(133)118(117)130)113-73-99(87-43-35-39-82(59-87)75-120(4,5)6)91(80-125(19,20)21)65-101(113)89-45-37-41-84(61-89)77-122(10,11)12/h34-73H,74-80H2,1-33H3/i74D2,75D2,76D2,77D2,78D2,79D2,80D2. The van der Waals surface area contributed by atoms with Gasteiger partial charge in [-0.3, -0.25) is 0 Å². The van der Waals surface area contributed by atoms with Crippen LogP contribution in [0.2, 0.25) is 0 Å². The van der Waals surface area contributed by atoms with Crippen LogP contribution in [-0.4, -0.2) is 15.8 Å². The molecule has 15 aromatic rings. The van der Waals surface area contributed by atoms with Crippen molar-refractivity contribution in [2.45, 2.75) is 295 Å². The van der Waals surface area contributed by atoms with Gasteiger partial charge in [-0.2, -0.15) is 0 Å². The summed E-state index contributed by atoms with van der Waals surface area (Å²) in [7, 11) is 0.